The summed E-state index contributed by atoms with van der Waals surface area (Å²) in [5.41, 5.74) is 0. The molecule has 11 heteroatoms. The zero-order valence-corrected chi connectivity index (χ0v) is 13.2. The number of hydrogen-bond donors (Lipinski definition) is 0. The van der Waals surface area contributed by atoms with Crippen LogP contribution in [0.2, 0.25) is 0 Å². The van der Waals surface area contributed by atoms with E-state index in [2.05, 4.69) is 0 Å². The van der Waals surface area contributed by atoms with Gasteiger partial charge in [0.25, 0.3) is 0 Å². The summed E-state index contributed by atoms with van der Waals surface area (Å²) >= 11 is 0. The highest BCUT2D eigenvalue weighted by Crippen LogP contribution is 2.42. The third-order valence-electron chi connectivity index (χ3n) is 4.45. The Labute approximate surface area is 151 Å². The molecule has 4 rings (SSSR count). The van der Waals surface area contributed by atoms with Crippen LogP contribution in [0.4, 0.5) is 48.3 Å². The summed E-state index contributed by atoms with van der Waals surface area (Å²) in [6.07, 6.45) is 0. The van der Waals surface area contributed by atoms with Crippen LogP contribution in [0.25, 0.3) is 32.3 Å². The van der Waals surface area contributed by atoms with E-state index < -0.39 is 96.3 Å². The standard InChI is InChI=1S/C18HF11/c19-3-1-2-4(14(25)10(3)21)11(22)6-5(9(2)20)12(23)7-8(13(6)24)16(27)18(29)17(28)15(7)26/h1H. The smallest absolute Gasteiger partial charge is 0.198 e. The van der Waals surface area contributed by atoms with Crippen molar-refractivity contribution in [1.82, 2.24) is 0 Å². The van der Waals surface area contributed by atoms with E-state index in [1.807, 2.05) is 0 Å². The highest BCUT2D eigenvalue weighted by Gasteiger charge is 2.32. The second kappa shape index (κ2) is 5.94. The van der Waals surface area contributed by atoms with Crippen molar-refractivity contribution in [2.75, 3.05) is 0 Å². The maximum Gasteiger partial charge on any atom is 0.198 e. The van der Waals surface area contributed by atoms with Crippen LogP contribution < -0.4 is 0 Å². The largest absolute Gasteiger partial charge is 0.206 e. The molecule has 0 saturated heterocycles. The molecule has 150 valence electrons. The summed E-state index contributed by atoms with van der Waals surface area (Å²) in [5, 5.41) is -10.5. The molecule has 0 saturated carbocycles. The van der Waals surface area contributed by atoms with Crippen molar-refractivity contribution < 1.29 is 48.3 Å². The van der Waals surface area contributed by atoms with Crippen LogP contribution in [0.1, 0.15) is 0 Å². The third-order valence-corrected chi connectivity index (χ3v) is 4.45. The Kier molecular flexibility index (Phi) is 3.94. The summed E-state index contributed by atoms with van der Waals surface area (Å²) in [6, 6.07) is -0.0741. The molecule has 29 heavy (non-hydrogen) atoms. The Hall–Kier alpha value is -3.11. The van der Waals surface area contributed by atoms with Gasteiger partial charge in [-0.15, -0.1) is 0 Å². The van der Waals surface area contributed by atoms with Crippen molar-refractivity contribution in [2.24, 2.45) is 0 Å². The molecule has 0 nitrogen and oxygen atoms in total. The van der Waals surface area contributed by atoms with Gasteiger partial charge in [-0.2, -0.15) is 0 Å². The maximum atomic E-state index is 14.7. The molecule has 0 aliphatic rings. The molecule has 0 atom stereocenters. The second-order valence-electron chi connectivity index (χ2n) is 5.92. The summed E-state index contributed by atoms with van der Waals surface area (Å²) in [6.45, 7) is 0. The lowest BCUT2D eigenvalue weighted by atomic mass is 9.95. The van der Waals surface area contributed by atoms with Crippen molar-refractivity contribution in [3.8, 4) is 0 Å². The highest BCUT2D eigenvalue weighted by molar-refractivity contribution is 6.07. The number of benzene rings is 4. The predicted molar refractivity (Wildman–Crippen MR) is 78.5 cm³/mol. The zero-order chi connectivity index (χ0) is 21.5. The van der Waals surface area contributed by atoms with Crippen LogP contribution in [0.15, 0.2) is 6.07 Å². The van der Waals surface area contributed by atoms with Crippen LogP contribution in [-0.2, 0) is 0 Å². The topological polar surface area (TPSA) is 0 Å². The average molecular weight is 426 g/mol. The van der Waals surface area contributed by atoms with Crippen LogP contribution in [0, 0.1) is 64.0 Å². The fraction of sp³-hybridized carbons (Fsp3) is 0. The lowest BCUT2D eigenvalue weighted by Gasteiger charge is -2.14. The fourth-order valence-electron chi connectivity index (χ4n) is 3.17. The van der Waals surface area contributed by atoms with Gasteiger partial charge in [0.2, 0.25) is 0 Å². The van der Waals surface area contributed by atoms with Crippen molar-refractivity contribution in [3.63, 3.8) is 0 Å². The van der Waals surface area contributed by atoms with E-state index in [0.717, 1.165) is 0 Å². The van der Waals surface area contributed by atoms with Crippen LogP contribution >= 0.6 is 0 Å². The summed E-state index contributed by atoms with van der Waals surface area (Å²) in [7, 11) is 0. The van der Waals surface area contributed by atoms with Crippen LogP contribution in [0.3, 0.4) is 0 Å². The lowest BCUT2D eigenvalue weighted by molar-refractivity contribution is 0.415. The van der Waals surface area contributed by atoms with Gasteiger partial charge in [-0.25, -0.2) is 48.3 Å². The molecule has 0 spiro atoms. The molecule has 0 N–H and O–H groups in total. The van der Waals surface area contributed by atoms with Crippen molar-refractivity contribution in [1.29, 1.82) is 0 Å². The lowest BCUT2D eigenvalue weighted by Crippen LogP contribution is -2.06. The first-order valence-corrected chi connectivity index (χ1v) is 7.41. The average Bonchev–Trinajstić information content (AvgIpc) is 2.67. The Morgan fingerprint density at radius 2 is 0.655 bits per heavy atom. The number of rotatable bonds is 0. The number of fused-ring (bicyclic) bond motifs is 3. The molecule has 0 radical (unpaired) electrons. The van der Waals surface area contributed by atoms with Gasteiger partial charge in [-0.3, -0.25) is 0 Å². The molecule has 0 bridgehead atoms. The van der Waals surface area contributed by atoms with Gasteiger partial charge >= 0.3 is 0 Å². The summed E-state index contributed by atoms with van der Waals surface area (Å²) in [5.74, 6) is -25.5. The molecule has 0 aliphatic carbocycles. The van der Waals surface area contributed by atoms with E-state index in [-0.39, 0.29) is 6.07 Å². The first-order valence-electron chi connectivity index (χ1n) is 7.41. The minimum atomic E-state index is -2.58. The van der Waals surface area contributed by atoms with Crippen molar-refractivity contribution >= 4 is 32.3 Å². The van der Waals surface area contributed by atoms with Crippen LogP contribution in [-0.4, -0.2) is 0 Å². The molecular weight excluding hydrogens is 425 g/mol. The van der Waals surface area contributed by atoms with E-state index in [1.165, 1.54) is 0 Å². The third kappa shape index (κ3) is 2.21. The molecule has 0 amide bonds. The number of halogens is 11. The minimum absolute atomic E-state index is 0.0741. The first-order chi connectivity index (χ1) is 13.5. The quantitative estimate of drug-likeness (QED) is 0.127. The van der Waals surface area contributed by atoms with Crippen molar-refractivity contribution in [2.45, 2.75) is 0 Å². The molecule has 4 aromatic rings. The Balaban J connectivity index is 2.46. The fourth-order valence-corrected chi connectivity index (χ4v) is 3.17. The zero-order valence-electron chi connectivity index (χ0n) is 13.2. The monoisotopic (exact) mass is 426 g/mol. The van der Waals surface area contributed by atoms with Gasteiger partial charge in [0.05, 0.1) is 26.9 Å². The molecule has 0 unspecified atom stereocenters. The van der Waals surface area contributed by atoms with Crippen LogP contribution in [0.5, 0.6) is 0 Å². The minimum Gasteiger partial charge on any atom is -0.206 e. The Morgan fingerprint density at radius 3 is 1.14 bits per heavy atom. The highest BCUT2D eigenvalue weighted by atomic mass is 19.2. The van der Waals surface area contributed by atoms with E-state index in [0.29, 0.717) is 0 Å². The van der Waals surface area contributed by atoms with Gasteiger partial charge in [0, 0.05) is 5.39 Å². The van der Waals surface area contributed by atoms with Gasteiger partial charge in [0.1, 0.15) is 23.3 Å². The van der Waals surface area contributed by atoms with Gasteiger partial charge in [-0.05, 0) is 6.07 Å². The Bertz CT molecular complexity index is 1410. The van der Waals surface area contributed by atoms with E-state index in [4.69, 9.17) is 0 Å². The maximum absolute atomic E-state index is 14.7. The molecular formula is C18HF11. The molecule has 0 aromatic heterocycles. The van der Waals surface area contributed by atoms with E-state index in [9.17, 15) is 48.3 Å². The predicted octanol–water partition coefficient (Wildman–Crippen LogP) is 6.68. The second-order valence-corrected chi connectivity index (χ2v) is 5.92. The van der Waals surface area contributed by atoms with Gasteiger partial charge in [-0.1, -0.05) is 0 Å². The normalized spacial score (nSPS) is 12.0. The first kappa shape index (κ1) is 19.2. The molecule has 0 fully saturated rings. The molecule has 0 heterocycles. The summed E-state index contributed by atoms with van der Waals surface area (Å²) < 4.78 is 154. The molecule has 0 aliphatic heterocycles. The van der Waals surface area contributed by atoms with E-state index >= 15 is 0 Å². The van der Waals surface area contributed by atoms with Crippen molar-refractivity contribution in [3.05, 3.63) is 70.1 Å². The SMILES string of the molecule is Fc1cc2c(F)c3c(F)c4c(F)c(F)c(F)c(F)c4c(F)c3c(F)c2c(F)c1F. The number of hydrogen-bond acceptors (Lipinski definition) is 0. The van der Waals surface area contributed by atoms with Gasteiger partial charge < -0.3 is 0 Å². The molecule has 4 aromatic carbocycles. The Morgan fingerprint density at radius 1 is 0.310 bits per heavy atom. The van der Waals surface area contributed by atoms with Gasteiger partial charge in [0.15, 0.2) is 40.7 Å². The van der Waals surface area contributed by atoms with E-state index in [1.54, 1.807) is 0 Å². The summed E-state index contributed by atoms with van der Waals surface area (Å²) in [4.78, 5) is 0.